The minimum absolute atomic E-state index is 0.947. The fourth-order valence-electron chi connectivity index (χ4n) is 4.06. The van der Waals surface area contributed by atoms with Crippen molar-refractivity contribution in [2.75, 3.05) is 0 Å². The minimum atomic E-state index is 0.947. The Morgan fingerprint density at radius 1 is 0.857 bits per heavy atom. The molecular weight excluding hydrogens is 346 g/mol. The van der Waals surface area contributed by atoms with Gasteiger partial charge in [-0.25, -0.2) is 4.98 Å². The van der Waals surface area contributed by atoms with Crippen LogP contribution in [-0.4, -0.2) is 14.0 Å². The Balaban J connectivity index is 1.73. The SMILES string of the molecule is Cc1ccc(-c2cccc(-c3cn4c5ccccc5nc4n3C)[n+]2C)[n+](C)c1. The van der Waals surface area contributed by atoms with E-state index in [1.54, 1.807) is 0 Å². The number of hydrogen-bond acceptors (Lipinski definition) is 1. The molecule has 0 aliphatic rings. The molecule has 0 atom stereocenters. The molecule has 0 amide bonds. The fourth-order valence-corrected chi connectivity index (χ4v) is 4.06. The molecule has 0 aliphatic heterocycles. The normalized spacial score (nSPS) is 11.6. The Labute approximate surface area is 163 Å². The smallest absolute Gasteiger partial charge is 0.277 e. The third kappa shape index (κ3) is 2.36. The first-order valence-electron chi connectivity index (χ1n) is 9.43. The van der Waals surface area contributed by atoms with Crippen molar-refractivity contribution >= 4 is 16.8 Å². The van der Waals surface area contributed by atoms with Crippen LogP contribution in [0.1, 0.15) is 5.56 Å². The highest BCUT2D eigenvalue weighted by atomic mass is 15.2. The number of imidazole rings is 2. The number of aryl methyl sites for hydroxylation is 3. The Morgan fingerprint density at radius 2 is 1.64 bits per heavy atom. The van der Waals surface area contributed by atoms with Crippen LogP contribution >= 0.6 is 0 Å². The molecule has 0 N–H and O–H groups in total. The lowest BCUT2D eigenvalue weighted by atomic mass is 10.1. The van der Waals surface area contributed by atoms with Gasteiger partial charge in [-0.15, -0.1) is 0 Å². The third-order valence-corrected chi connectivity index (χ3v) is 5.53. The van der Waals surface area contributed by atoms with Crippen LogP contribution in [0.25, 0.3) is 39.6 Å². The number of benzene rings is 1. The number of fused-ring (bicyclic) bond motifs is 3. The monoisotopic (exact) mass is 369 g/mol. The van der Waals surface area contributed by atoms with E-state index < -0.39 is 0 Å². The zero-order chi connectivity index (χ0) is 19.4. The van der Waals surface area contributed by atoms with E-state index in [4.69, 9.17) is 4.98 Å². The Bertz CT molecular complexity index is 1360. The second kappa shape index (κ2) is 6.02. The number of pyridine rings is 2. The van der Waals surface area contributed by atoms with Crippen molar-refractivity contribution < 1.29 is 9.13 Å². The van der Waals surface area contributed by atoms with Crippen molar-refractivity contribution in [2.45, 2.75) is 6.92 Å². The standard InChI is InChI=1S/C23H23N5/c1-16-12-13-19(25(2)14-16)20-10-7-11-21(26(20)3)22-15-28-18-9-6-5-8-17(18)24-23(28)27(22)4/h5-15H,1-4H3/q+2. The lowest BCUT2D eigenvalue weighted by Gasteiger charge is -2.05. The van der Waals surface area contributed by atoms with Crippen LogP contribution < -0.4 is 9.13 Å². The summed E-state index contributed by atoms with van der Waals surface area (Å²) >= 11 is 0. The van der Waals surface area contributed by atoms with Crippen LogP contribution in [0, 0.1) is 6.92 Å². The second-order valence-corrected chi connectivity index (χ2v) is 7.40. The first kappa shape index (κ1) is 16.7. The maximum absolute atomic E-state index is 4.81. The van der Waals surface area contributed by atoms with E-state index in [-0.39, 0.29) is 0 Å². The Morgan fingerprint density at radius 3 is 2.46 bits per heavy atom. The topological polar surface area (TPSA) is 30.0 Å². The number of nitrogens with zero attached hydrogens (tertiary/aromatic N) is 5. The van der Waals surface area contributed by atoms with E-state index >= 15 is 0 Å². The minimum Gasteiger partial charge on any atom is -0.308 e. The molecule has 0 aliphatic carbocycles. The maximum atomic E-state index is 4.81. The fraction of sp³-hybridized carbons (Fsp3) is 0.174. The van der Waals surface area contributed by atoms with Gasteiger partial charge in [-0.2, -0.15) is 9.13 Å². The van der Waals surface area contributed by atoms with Crippen LogP contribution in [0.15, 0.2) is 67.0 Å². The summed E-state index contributed by atoms with van der Waals surface area (Å²) in [6.45, 7) is 2.12. The van der Waals surface area contributed by atoms with E-state index in [0.29, 0.717) is 0 Å². The van der Waals surface area contributed by atoms with Gasteiger partial charge in [0.05, 0.1) is 11.0 Å². The van der Waals surface area contributed by atoms with Gasteiger partial charge in [0.2, 0.25) is 11.5 Å². The first-order valence-corrected chi connectivity index (χ1v) is 9.43. The summed E-state index contributed by atoms with van der Waals surface area (Å²) in [4.78, 5) is 4.81. The largest absolute Gasteiger partial charge is 0.308 e. The van der Waals surface area contributed by atoms with E-state index in [1.165, 1.54) is 17.0 Å². The second-order valence-electron chi connectivity index (χ2n) is 7.40. The van der Waals surface area contributed by atoms with Gasteiger partial charge in [-0.05, 0) is 31.2 Å². The lowest BCUT2D eigenvalue weighted by molar-refractivity contribution is -0.685. The van der Waals surface area contributed by atoms with Crippen LogP contribution in [0.3, 0.4) is 0 Å². The quantitative estimate of drug-likeness (QED) is 0.440. The molecule has 4 aromatic heterocycles. The molecule has 0 saturated heterocycles. The van der Waals surface area contributed by atoms with Crippen LogP contribution in [0.4, 0.5) is 0 Å². The van der Waals surface area contributed by atoms with Gasteiger partial charge in [-0.1, -0.05) is 12.1 Å². The van der Waals surface area contributed by atoms with Crippen LogP contribution in [0.2, 0.25) is 0 Å². The molecule has 0 spiro atoms. The molecule has 1 aromatic carbocycles. The van der Waals surface area contributed by atoms with Gasteiger partial charge >= 0.3 is 0 Å². The van der Waals surface area contributed by atoms with E-state index in [9.17, 15) is 0 Å². The first-order chi connectivity index (χ1) is 13.5. The molecule has 0 unspecified atom stereocenters. The average molecular weight is 369 g/mol. The van der Waals surface area contributed by atoms with Gasteiger partial charge in [0, 0.05) is 37.0 Å². The molecule has 5 heteroatoms. The summed E-state index contributed by atoms with van der Waals surface area (Å²) in [7, 11) is 6.30. The van der Waals surface area contributed by atoms with Crippen molar-refractivity contribution in [1.29, 1.82) is 0 Å². The van der Waals surface area contributed by atoms with E-state index in [2.05, 4.69) is 107 Å². The van der Waals surface area contributed by atoms with E-state index in [0.717, 1.165) is 28.2 Å². The molecule has 0 bridgehead atoms. The van der Waals surface area contributed by atoms with Gasteiger partial charge in [0.1, 0.15) is 19.8 Å². The number of aromatic nitrogens is 5. The summed E-state index contributed by atoms with van der Waals surface area (Å²) in [5, 5.41) is 0. The average Bonchev–Trinajstić information content (AvgIpc) is 3.20. The van der Waals surface area contributed by atoms with Gasteiger partial charge in [0.25, 0.3) is 11.4 Å². The van der Waals surface area contributed by atoms with Gasteiger partial charge in [-0.3, -0.25) is 4.40 Å². The number of rotatable bonds is 2. The van der Waals surface area contributed by atoms with Crippen molar-refractivity contribution in [1.82, 2.24) is 14.0 Å². The van der Waals surface area contributed by atoms with Gasteiger partial charge in [0.15, 0.2) is 6.20 Å². The predicted molar refractivity (Wildman–Crippen MR) is 110 cm³/mol. The molecule has 5 rings (SSSR count). The molecule has 28 heavy (non-hydrogen) atoms. The summed E-state index contributed by atoms with van der Waals surface area (Å²) in [6, 6.07) is 19.0. The maximum Gasteiger partial charge on any atom is 0.277 e. The summed E-state index contributed by atoms with van der Waals surface area (Å²) < 4.78 is 8.76. The summed E-state index contributed by atoms with van der Waals surface area (Å²) in [5.41, 5.74) is 8.03. The molecule has 5 aromatic rings. The molecule has 4 heterocycles. The van der Waals surface area contributed by atoms with Crippen molar-refractivity contribution in [3.63, 3.8) is 0 Å². The number of hydrogen-bond donors (Lipinski definition) is 0. The molecule has 0 fully saturated rings. The zero-order valence-corrected chi connectivity index (χ0v) is 16.6. The van der Waals surface area contributed by atoms with E-state index in [1.807, 2.05) is 6.07 Å². The third-order valence-electron chi connectivity index (χ3n) is 5.53. The van der Waals surface area contributed by atoms with Crippen molar-refractivity contribution in [2.24, 2.45) is 21.1 Å². The zero-order valence-electron chi connectivity index (χ0n) is 16.6. The Hall–Kier alpha value is -3.47. The highest BCUT2D eigenvalue weighted by Gasteiger charge is 2.25. The molecule has 138 valence electrons. The highest BCUT2D eigenvalue weighted by molar-refractivity contribution is 5.81. The molecule has 5 nitrogen and oxygen atoms in total. The van der Waals surface area contributed by atoms with Crippen LogP contribution in [0.5, 0.6) is 0 Å². The summed E-state index contributed by atoms with van der Waals surface area (Å²) in [5.74, 6) is 0.947. The molecule has 0 radical (unpaired) electrons. The molecule has 0 saturated carbocycles. The molecular formula is C23H23N5+2. The van der Waals surface area contributed by atoms with Crippen molar-refractivity contribution in [3.8, 4) is 22.8 Å². The van der Waals surface area contributed by atoms with Crippen LogP contribution in [-0.2, 0) is 21.1 Å². The van der Waals surface area contributed by atoms with Gasteiger partial charge < -0.3 is 4.57 Å². The Kier molecular flexibility index (Phi) is 3.59. The number of para-hydroxylation sites is 2. The van der Waals surface area contributed by atoms with Crippen molar-refractivity contribution in [3.05, 3.63) is 72.6 Å². The summed E-state index contributed by atoms with van der Waals surface area (Å²) in [6.07, 6.45) is 4.34. The predicted octanol–water partition coefficient (Wildman–Crippen LogP) is 3.12. The lowest BCUT2D eigenvalue weighted by Crippen LogP contribution is -2.40. The highest BCUT2D eigenvalue weighted by Crippen LogP contribution is 2.24.